The maximum Gasteiger partial charge on any atom is 0.304 e. The third-order valence-corrected chi connectivity index (χ3v) is 6.35. The van der Waals surface area contributed by atoms with Crippen molar-refractivity contribution < 1.29 is 47.5 Å². The van der Waals surface area contributed by atoms with Crippen molar-refractivity contribution in [1.82, 2.24) is 0 Å². The van der Waals surface area contributed by atoms with Gasteiger partial charge in [-0.15, -0.1) is 0 Å². The molecule has 6 atom stereocenters. The number of esters is 2. The minimum absolute atomic E-state index is 0.137. The summed E-state index contributed by atoms with van der Waals surface area (Å²) in [6.45, 7) is 2.91. The first-order valence-electron chi connectivity index (χ1n) is 10.9. The number of fused-ring (bicyclic) bond motifs is 3. The van der Waals surface area contributed by atoms with Crippen LogP contribution < -0.4 is 18.9 Å². The molecule has 0 spiro atoms. The smallest absolute Gasteiger partial charge is 0.304 e. The Bertz CT molecular complexity index is 1060. The lowest BCUT2D eigenvalue weighted by atomic mass is 9.83. The molecule has 0 saturated carbocycles. The van der Waals surface area contributed by atoms with Gasteiger partial charge >= 0.3 is 11.9 Å². The molecule has 4 aliphatic heterocycles. The number of rotatable bonds is 4. The van der Waals surface area contributed by atoms with Gasteiger partial charge in [0, 0.05) is 13.8 Å². The van der Waals surface area contributed by atoms with Gasteiger partial charge in [-0.3, -0.25) is 9.59 Å². The second-order valence-electron chi connectivity index (χ2n) is 8.45. The van der Waals surface area contributed by atoms with E-state index in [4.69, 9.17) is 37.9 Å². The molecule has 2 aromatic rings. The average molecular weight is 470 g/mol. The predicted octanol–water partition coefficient (Wildman–Crippen LogP) is 3.00. The maximum atomic E-state index is 11.9. The van der Waals surface area contributed by atoms with Gasteiger partial charge in [-0.2, -0.15) is 0 Å². The molecule has 0 amide bonds. The minimum atomic E-state index is -0.922. The number of ether oxygens (including phenoxy) is 8. The van der Waals surface area contributed by atoms with Crippen molar-refractivity contribution in [2.75, 3.05) is 13.6 Å². The molecule has 178 valence electrons. The largest absolute Gasteiger partial charge is 0.454 e. The highest BCUT2D eigenvalue weighted by atomic mass is 16.7. The molecule has 10 heteroatoms. The second-order valence-corrected chi connectivity index (χ2v) is 8.45. The summed E-state index contributed by atoms with van der Waals surface area (Å²) in [5.41, 5.74) is 1.53. The highest BCUT2D eigenvalue weighted by Crippen LogP contribution is 2.57. The average Bonchev–Trinajstić information content (AvgIpc) is 3.57. The zero-order chi connectivity index (χ0) is 23.4. The van der Waals surface area contributed by atoms with Crippen molar-refractivity contribution >= 4 is 11.9 Å². The SMILES string of the molecule is CC(=O)O[C@H]1O[C@H](c2ccc3c(c2)OCO3)[C@H]2[C@@H](OC(C)=O)O[C@H](c3ccc4c(c3)OCO4)[C@@H]12. The first-order valence-corrected chi connectivity index (χ1v) is 10.9. The van der Waals surface area contributed by atoms with Crippen LogP contribution in [0.3, 0.4) is 0 Å². The Balaban J connectivity index is 1.40. The molecule has 10 nitrogen and oxygen atoms in total. The van der Waals surface area contributed by atoms with Crippen LogP contribution in [-0.4, -0.2) is 38.1 Å². The molecule has 34 heavy (non-hydrogen) atoms. The van der Waals surface area contributed by atoms with E-state index in [1.54, 1.807) is 12.1 Å². The van der Waals surface area contributed by atoms with Gasteiger partial charge in [0.2, 0.25) is 26.2 Å². The van der Waals surface area contributed by atoms with Crippen molar-refractivity contribution in [3.63, 3.8) is 0 Å². The fourth-order valence-electron chi connectivity index (χ4n) is 5.03. The topological polar surface area (TPSA) is 108 Å². The van der Waals surface area contributed by atoms with E-state index in [2.05, 4.69) is 0 Å². The highest BCUT2D eigenvalue weighted by molar-refractivity contribution is 5.66. The molecule has 4 aliphatic rings. The molecule has 0 N–H and O–H groups in total. The van der Waals surface area contributed by atoms with Crippen molar-refractivity contribution in [2.24, 2.45) is 11.8 Å². The van der Waals surface area contributed by atoms with Crippen LogP contribution >= 0.6 is 0 Å². The zero-order valence-corrected chi connectivity index (χ0v) is 18.4. The van der Waals surface area contributed by atoms with E-state index in [1.807, 2.05) is 24.3 Å². The molecular weight excluding hydrogens is 448 g/mol. The summed E-state index contributed by atoms with van der Waals surface area (Å²) in [5.74, 6) is 0.547. The van der Waals surface area contributed by atoms with Gasteiger partial charge in [0.1, 0.15) is 0 Å². The molecule has 4 heterocycles. The quantitative estimate of drug-likeness (QED) is 0.619. The molecule has 2 saturated heterocycles. The molecule has 2 aromatic carbocycles. The molecule has 0 radical (unpaired) electrons. The first-order chi connectivity index (χ1) is 16.5. The van der Waals surface area contributed by atoms with Gasteiger partial charge in [0.25, 0.3) is 0 Å². The van der Waals surface area contributed by atoms with Gasteiger partial charge in [-0.05, 0) is 35.4 Å². The fourth-order valence-corrected chi connectivity index (χ4v) is 5.03. The summed E-state index contributed by atoms with van der Waals surface area (Å²) in [4.78, 5) is 23.9. The van der Waals surface area contributed by atoms with Gasteiger partial charge < -0.3 is 37.9 Å². The third-order valence-electron chi connectivity index (χ3n) is 6.35. The van der Waals surface area contributed by atoms with Crippen LogP contribution in [0.1, 0.15) is 37.2 Å². The summed E-state index contributed by atoms with van der Waals surface area (Å²) in [6.07, 6.45) is -3.03. The normalized spacial score (nSPS) is 30.2. The van der Waals surface area contributed by atoms with Crippen LogP contribution in [0.5, 0.6) is 23.0 Å². The predicted molar refractivity (Wildman–Crippen MR) is 111 cm³/mol. The van der Waals surface area contributed by atoms with Crippen LogP contribution in [0.15, 0.2) is 36.4 Å². The van der Waals surface area contributed by atoms with Gasteiger partial charge in [0.15, 0.2) is 23.0 Å². The van der Waals surface area contributed by atoms with E-state index >= 15 is 0 Å². The maximum absolute atomic E-state index is 11.9. The molecule has 0 bridgehead atoms. The van der Waals surface area contributed by atoms with Crippen molar-refractivity contribution in [3.8, 4) is 23.0 Å². The van der Waals surface area contributed by atoms with Gasteiger partial charge in [0.05, 0.1) is 24.0 Å². The Labute approximate surface area is 194 Å². The number of benzene rings is 2. The Morgan fingerprint density at radius 3 is 1.50 bits per heavy atom. The molecule has 0 aliphatic carbocycles. The van der Waals surface area contributed by atoms with Gasteiger partial charge in [-0.1, -0.05) is 12.1 Å². The number of hydrogen-bond donors (Lipinski definition) is 0. The van der Waals surface area contributed by atoms with Crippen LogP contribution in [0.2, 0.25) is 0 Å². The Hall–Kier alpha value is -3.50. The van der Waals surface area contributed by atoms with Crippen molar-refractivity contribution in [1.29, 1.82) is 0 Å². The Kier molecular flexibility index (Phi) is 5.00. The molecule has 2 fully saturated rings. The Morgan fingerprint density at radius 1 is 0.676 bits per heavy atom. The highest BCUT2D eigenvalue weighted by Gasteiger charge is 2.61. The zero-order valence-electron chi connectivity index (χ0n) is 18.4. The molecule has 0 aromatic heterocycles. The summed E-state index contributed by atoms with van der Waals surface area (Å²) < 4.78 is 45.6. The van der Waals surface area contributed by atoms with E-state index in [9.17, 15) is 9.59 Å². The van der Waals surface area contributed by atoms with E-state index < -0.39 is 48.6 Å². The lowest BCUT2D eigenvalue weighted by Gasteiger charge is -2.24. The van der Waals surface area contributed by atoms with E-state index in [0.717, 1.165) is 11.1 Å². The lowest BCUT2D eigenvalue weighted by Crippen LogP contribution is -2.28. The second kappa shape index (κ2) is 8.07. The van der Waals surface area contributed by atoms with E-state index in [-0.39, 0.29) is 13.6 Å². The van der Waals surface area contributed by atoms with Crippen LogP contribution in [0, 0.1) is 11.8 Å². The molecular formula is C24H22O10. The number of hydrogen-bond acceptors (Lipinski definition) is 10. The molecule has 6 rings (SSSR count). The van der Waals surface area contributed by atoms with E-state index in [0.29, 0.717) is 23.0 Å². The summed E-state index contributed by atoms with van der Waals surface area (Å²) >= 11 is 0. The standard InChI is InChI=1S/C24H22O10/c1-11(25)31-23-19-20(22(33-23)14-4-6-16-18(8-14)30-10-28-16)24(32-12(2)26)34-21(19)13-3-5-15-17(7-13)29-9-27-15/h3-8,19-24H,9-10H2,1-2H3/t19-,20-,21+,22+,23-,24-/m0/s1. The summed E-state index contributed by atoms with van der Waals surface area (Å²) in [5, 5.41) is 0. The van der Waals surface area contributed by atoms with E-state index in [1.165, 1.54) is 13.8 Å². The lowest BCUT2D eigenvalue weighted by molar-refractivity contribution is -0.206. The minimum Gasteiger partial charge on any atom is -0.454 e. The number of carbonyl (C=O) groups excluding carboxylic acids is 2. The summed E-state index contributed by atoms with van der Waals surface area (Å²) in [7, 11) is 0. The van der Waals surface area contributed by atoms with Crippen LogP contribution in [-0.2, 0) is 28.5 Å². The monoisotopic (exact) mass is 470 g/mol. The summed E-state index contributed by atoms with van der Waals surface area (Å²) in [6, 6.07) is 10.9. The van der Waals surface area contributed by atoms with Crippen molar-refractivity contribution in [3.05, 3.63) is 47.5 Å². The third kappa shape index (κ3) is 3.50. The first kappa shape index (κ1) is 21.1. The molecule has 0 unspecified atom stereocenters. The van der Waals surface area contributed by atoms with Crippen molar-refractivity contribution in [2.45, 2.75) is 38.6 Å². The Morgan fingerprint density at radius 2 is 1.09 bits per heavy atom. The number of carbonyl (C=O) groups is 2. The van der Waals surface area contributed by atoms with Crippen LogP contribution in [0.25, 0.3) is 0 Å². The van der Waals surface area contributed by atoms with Gasteiger partial charge in [-0.25, -0.2) is 0 Å². The van der Waals surface area contributed by atoms with Crippen LogP contribution in [0.4, 0.5) is 0 Å². The fraction of sp³-hybridized carbons (Fsp3) is 0.417.